The van der Waals surface area contributed by atoms with Crippen LogP contribution >= 0.6 is 0 Å². The molecule has 25 heavy (non-hydrogen) atoms. The molecule has 0 aliphatic heterocycles. The maximum Gasteiger partial charge on any atom is 0.416 e. The molecule has 0 unspecified atom stereocenters. The second-order valence-electron chi connectivity index (χ2n) is 5.05. The lowest BCUT2D eigenvalue weighted by Gasteiger charge is -2.09. The van der Waals surface area contributed by atoms with Crippen LogP contribution in [0, 0.1) is 5.82 Å². The normalized spacial score (nSPS) is 11.0. The number of hydrogen-bond donors (Lipinski definition) is 1. The van der Waals surface area contributed by atoms with Crippen LogP contribution in [0.25, 0.3) is 0 Å². The third-order valence-electron chi connectivity index (χ3n) is 3.19. The van der Waals surface area contributed by atoms with Gasteiger partial charge in [0.2, 0.25) is 0 Å². The second-order valence-corrected chi connectivity index (χ2v) is 5.05. The molecule has 4 nitrogen and oxygen atoms in total. The molecule has 0 aromatic heterocycles. The Hall–Kier alpha value is -2.90. The van der Waals surface area contributed by atoms with E-state index in [1.807, 2.05) is 0 Å². The van der Waals surface area contributed by atoms with E-state index in [1.54, 1.807) is 0 Å². The monoisotopic (exact) mass is 355 g/mol. The van der Waals surface area contributed by atoms with E-state index in [2.05, 4.69) is 5.32 Å². The number of halogens is 4. The quantitative estimate of drug-likeness (QED) is 0.661. The Morgan fingerprint density at radius 3 is 2.12 bits per heavy atom. The summed E-state index contributed by atoms with van der Waals surface area (Å²) in [5.41, 5.74) is -0.223. The molecule has 2 aromatic carbocycles. The van der Waals surface area contributed by atoms with Gasteiger partial charge in [-0.3, -0.25) is 4.79 Å². The highest BCUT2D eigenvalue weighted by atomic mass is 19.4. The summed E-state index contributed by atoms with van der Waals surface area (Å²) in [6, 6.07) is 8.92. The predicted octanol–water partition coefficient (Wildman–Crippen LogP) is 3.32. The van der Waals surface area contributed by atoms with Crippen molar-refractivity contribution in [3.8, 4) is 0 Å². The topological polar surface area (TPSA) is 55.4 Å². The molecule has 0 fully saturated rings. The highest BCUT2D eigenvalue weighted by molar-refractivity contribution is 5.91. The van der Waals surface area contributed by atoms with E-state index in [4.69, 9.17) is 4.74 Å². The van der Waals surface area contributed by atoms with Crippen molar-refractivity contribution in [2.24, 2.45) is 0 Å². The van der Waals surface area contributed by atoms with E-state index < -0.39 is 36.0 Å². The van der Waals surface area contributed by atoms with Crippen molar-refractivity contribution in [3.63, 3.8) is 0 Å². The van der Waals surface area contributed by atoms with E-state index in [-0.39, 0.29) is 12.1 Å². The van der Waals surface area contributed by atoms with Gasteiger partial charge in [-0.1, -0.05) is 12.1 Å². The second kappa shape index (κ2) is 7.78. The number of benzene rings is 2. The molecule has 0 aliphatic carbocycles. The number of hydrogen-bond acceptors (Lipinski definition) is 3. The first-order valence-electron chi connectivity index (χ1n) is 7.11. The van der Waals surface area contributed by atoms with Gasteiger partial charge in [-0.15, -0.1) is 0 Å². The highest BCUT2D eigenvalue weighted by Gasteiger charge is 2.29. The zero-order chi connectivity index (χ0) is 18.4. The standard InChI is InChI=1S/C17H13F4NO3/c18-14-7-3-12(4-8-14)16(24)25-10-15(23)22-9-11-1-5-13(6-2-11)17(19,20)21/h1-8H,9-10H2,(H,22,23). The molecular weight excluding hydrogens is 342 g/mol. The van der Waals surface area contributed by atoms with Crippen LogP contribution in [0.5, 0.6) is 0 Å². The first kappa shape index (κ1) is 18.4. The fourth-order valence-corrected chi connectivity index (χ4v) is 1.86. The van der Waals surface area contributed by atoms with Gasteiger partial charge in [-0.2, -0.15) is 13.2 Å². The molecule has 132 valence electrons. The average molecular weight is 355 g/mol. The number of nitrogens with one attached hydrogen (secondary N) is 1. The summed E-state index contributed by atoms with van der Waals surface area (Å²) < 4.78 is 54.8. The van der Waals surface area contributed by atoms with Gasteiger partial charge >= 0.3 is 12.1 Å². The molecule has 2 rings (SSSR count). The lowest BCUT2D eigenvalue weighted by Crippen LogP contribution is -2.28. The van der Waals surface area contributed by atoms with Crippen molar-refractivity contribution < 1.29 is 31.9 Å². The number of carbonyl (C=O) groups is 2. The van der Waals surface area contributed by atoms with Crippen LogP contribution in [0.4, 0.5) is 17.6 Å². The summed E-state index contributed by atoms with van der Waals surface area (Å²) in [6.07, 6.45) is -4.42. The first-order chi connectivity index (χ1) is 11.8. The molecule has 0 spiro atoms. The number of alkyl halides is 3. The maximum absolute atomic E-state index is 12.7. The Morgan fingerprint density at radius 2 is 1.56 bits per heavy atom. The van der Waals surface area contributed by atoms with Gasteiger partial charge < -0.3 is 10.1 Å². The van der Waals surface area contributed by atoms with E-state index in [1.165, 1.54) is 24.3 Å². The number of amides is 1. The van der Waals surface area contributed by atoms with Crippen molar-refractivity contribution in [3.05, 3.63) is 71.0 Å². The lowest BCUT2D eigenvalue weighted by molar-refractivity contribution is -0.137. The smallest absolute Gasteiger partial charge is 0.416 e. The van der Waals surface area contributed by atoms with Crippen molar-refractivity contribution in [2.75, 3.05) is 6.61 Å². The van der Waals surface area contributed by atoms with Crippen molar-refractivity contribution in [1.29, 1.82) is 0 Å². The summed E-state index contributed by atoms with van der Waals surface area (Å²) in [6.45, 7) is -0.568. The number of carbonyl (C=O) groups excluding carboxylic acids is 2. The Labute approximate surface area is 140 Å². The molecule has 1 amide bonds. The average Bonchev–Trinajstić information content (AvgIpc) is 2.58. The SMILES string of the molecule is O=C(COC(=O)c1ccc(F)cc1)NCc1ccc(C(F)(F)F)cc1. The van der Waals surface area contributed by atoms with Crippen LogP contribution in [-0.2, 0) is 22.3 Å². The van der Waals surface area contributed by atoms with Crippen molar-refractivity contribution >= 4 is 11.9 Å². The molecule has 0 aliphatic rings. The van der Waals surface area contributed by atoms with E-state index >= 15 is 0 Å². The van der Waals surface area contributed by atoms with Gasteiger partial charge in [-0.05, 0) is 42.0 Å². The summed E-state index contributed by atoms with van der Waals surface area (Å²) in [5.74, 6) is -1.91. The zero-order valence-electron chi connectivity index (χ0n) is 12.8. The van der Waals surface area contributed by atoms with Gasteiger partial charge in [0.1, 0.15) is 5.82 Å². The van der Waals surface area contributed by atoms with Gasteiger partial charge in [0.25, 0.3) is 5.91 Å². The van der Waals surface area contributed by atoms with E-state index in [9.17, 15) is 27.2 Å². The van der Waals surface area contributed by atoms with Crippen LogP contribution in [0.15, 0.2) is 48.5 Å². The molecule has 2 aromatic rings. The van der Waals surface area contributed by atoms with E-state index in [0.717, 1.165) is 24.3 Å². The molecule has 8 heteroatoms. The fraction of sp³-hybridized carbons (Fsp3) is 0.176. The molecule has 0 saturated heterocycles. The molecule has 0 bridgehead atoms. The highest BCUT2D eigenvalue weighted by Crippen LogP contribution is 2.29. The van der Waals surface area contributed by atoms with Gasteiger partial charge in [0.05, 0.1) is 11.1 Å². The zero-order valence-corrected chi connectivity index (χ0v) is 12.8. The van der Waals surface area contributed by atoms with Crippen LogP contribution in [0.1, 0.15) is 21.5 Å². The molecule has 0 radical (unpaired) electrons. The van der Waals surface area contributed by atoms with Gasteiger partial charge in [0, 0.05) is 6.54 Å². The van der Waals surface area contributed by atoms with Crippen molar-refractivity contribution in [2.45, 2.75) is 12.7 Å². The molecule has 0 heterocycles. The molecule has 0 atom stereocenters. The number of ether oxygens (including phenoxy) is 1. The molecular formula is C17H13F4NO3. The Morgan fingerprint density at radius 1 is 0.960 bits per heavy atom. The summed E-state index contributed by atoms with van der Waals surface area (Å²) >= 11 is 0. The Kier molecular flexibility index (Phi) is 5.74. The predicted molar refractivity (Wildman–Crippen MR) is 80.0 cm³/mol. The minimum Gasteiger partial charge on any atom is -0.452 e. The summed E-state index contributed by atoms with van der Waals surface area (Å²) in [5, 5.41) is 2.42. The van der Waals surface area contributed by atoms with Gasteiger partial charge in [-0.25, -0.2) is 9.18 Å². The van der Waals surface area contributed by atoms with Gasteiger partial charge in [0.15, 0.2) is 6.61 Å². The summed E-state index contributed by atoms with van der Waals surface area (Å²) in [4.78, 5) is 23.2. The van der Waals surface area contributed by atoms with Crippen LogP contribution < -0.4 is 5.32 Å². The third-order valence-corrected chi connectivity index (χ3v) is 3.19. The van der Waals surface area contributed by atoms with Crippen LogP contribution in [-0.4, -0.2) is 18.5 Å². The van der Waals surface area contributed by atoms with Crippen LogP contribution in [0.2, 0.25) is 0 Å². The van der Waals surface area contributed by atoms with E-state index in [0.29, 0.717) is 5.56 Å². The maximum atomic E-state index is 12.7. The number of rotatable bonds is 5. The summed E-state index contributed by atoms with van der Waals surface area (Å²) in [7, 11) is 0. The lowest BCUT2D eigenvalue weighted by atomic mass is 10.1. The van der Waals surface area contributed by atoms with Crippen LogP contribution in [0.3, 0.4) is 0 Å². The third kappa shape index (κ3) is 5.59. The largest absolute Gasteiger partial charge is 0.452 e. The van der Waals surface area contributed by atoms with Crippen molar-refractivity contribution in [1.82, 2.24) is 5.32 Å². The Bertz CT molecular complexity index is 740. The molecule has 0 saturated carbocycles. The minimum absolute atomic E-state index is 0.00886. The minimum atomic E-state index is -4.42. The fourth-order valence-electron chi connectivity index (χ4n) is 1.86. The Balaban J connectivity index is 1.79. The first-order valence-corrected chi connectivity index (χ1v) is 7.11. The number of esters is 1. The molecule has 1 N–H and O–H groups in total.